The minimum atomic E-state index is -0.979. The maximum absolute atomic E-state index is 13.2. The van der Waals surface area contributed by atoms with Gasteiger partial charge in [0.2, 0.25) is 5.91 Å². The zero-order valence-electron chi connectivity index (χ0n) is 18.8. The van der Waals surface area contributed by atoms with Crippen molar-refractivity contribution in [1.29, 1.82) is 0 Å². The molecule has 6 nitrogen and oxygen atoms in total. The Morgan fingerprint density at radius 1 is 1.12 bits per heavy atom. The lowest BCUT2D eigenvalue weighted by atomic mass is 9.76. The highest BCUT2D eigenvalue weighted by Crippen LogP contribution is 2.39. The van der Waals surface area contributed by atoms with Crippen molar-refractivity contribution in [2.24, 2.45) is 11.8 Å². The van der Waals surface area contributed by atoms with Crippen LogP contribution in [0.2, 0.25) is 0 Å². The number of carbonyl (C=O) groups is 3. The summed E-state index contributed by atoms with van der Waals surface area (Å²) in [5, 5.41) is 12.9. The lowest BCUT2D eigenvalue weighted by Gasteiger charge is -2.29. The van der Waals surface area contributed by atoms with E-state index in [9.17, 15) is 19.5 Å². The Morgan fingerprint density at radius 3 is 2.34 bits per heavy atom. The topological polar surface area (TPSA) is 92.7 Å². The third-order valence-corrected chi connectivity index (χ3v) is 7.36. The Morgan fingerprint density at radius 2 is 1.75 bits per heavy atom. The lowest BCUT2D eigenvalue weighted by molar-refractivity contribution is -0.146. The van der Waals surface area contributed by atoms with Crippen LogP contribution in [0.4, 0.5) is 5.00 Å². The second-order valence-electron chi connectivity index (χ2n) is 8.25. The summed E-state index contributed by atoms with van der Waals surface area (Å²) >= 11 is 1.33. The van der Waals surface area contributed by atoms with Gasteiger partial charge in [0, 0.05) is 10.8 Å². The smallest absolute Gasteiger partial charge is 0.341 e. The van der Waals surface area contributed by atoms with E-state index in [0.717, 1.165) is 21.6 Å². The van der Waals surface area contributed by atoms with Crippen LogP contribution in [0.15, 0.2) is 47.5 Å². The lowest BCUT2D eigenvalue weighted by Crippen LogP contribution is -2.36. The molecule has 32 heavy (non-hydrogen) atoms. The van der Waals surface area contributed by atoms with Crippen molar-refractivity contribution in [3.8, 4) is 0 Å². The summed E-state index contributed by atoms with van der Waals surface area (Å²) < 4.78 is 5.20. The zero-order valence-corrected chi connectivity index (χ0v) is 19.6. The van der Waals surface area contributed by atoms with Crippen molar-refractivity contribution in [2.75, 3.05) is 11.9 Å². The minimum Gasteiger partial charge on any atom is -0.481 e. The number of ether oxygens (including phenoxy) is 1. The quantitative estimate of drug-likeness (QED) is 0.427. The van der Waals surface area contributed by atoms with Crippen LogP contribution in [-0.2, 0) is 14.3 Å². The Bertz CT molecular complexity index is 1040. The number of carboxylic acid groups (broad SMARTS) is 1. The fourth-order valence-corrected chi connectivity index (χ4v) is 5.14. The number of hydrogen-bond acceptors (Lipinski definition) is 5. The van der Waals surface area contributed by atoms with Gasteiger partial charge in [-0.25, -0.2) is 4.79 Å². The van der Waals surface area contributed by atoms with Crippen molar-refractivity contribution in [2.45, 2.75) is 46.5 Å². The first-order valence-corrected chi connectivity index (χ1v) is 11.6. The third kappa shape index (κ3) is 5.10. The molecular weight excluding hydrogens is 426 g/mol. The highest BCUT2D eigenvalue weighted by atomic mass is 32.1. The van der Waals surface area contributed by atoms with Gasteiger partial charge < -0.3 is 15.2 Å². The number of nitrogens with one attached hydrogen (secondary N) is 1. The molecule has 0 radical (unpaired) electrons. The van der Waals surface area contributed by atoms with Crippen molar-refractivity contribution in [3.63, 3.8) is 0 Å². The predicted octanol–water partition coefficient (Wildman–Crippen LogP) is 5.46. The number of amides is 1. The summed E-state index contributed by atoms with van der Waals surface area (Å²) in [5.41, 5.74) is 3.45. The molecule has 2 N–H and O–H groups in total. The van der Waals surface area contributed by atoms with Gasteiger partial charge in [0.25, 0.3) is 0 Å². The maximum Gasteiger partial charge on any atom is 0.341 e. The number of carbonyl (C=O) groups excluding carboxylic acids is 2. The number of benzene rings is 1. The molecule has 2 aromatic rings. The van der Waals surface area contributed by atoms with E-state index in [1.807, 2.05) is 51.1 Å². The van der Waals surface area contributed by atoms with Crippen molar-refractivity contribution >= 4 is 34.2 Å². The van der Waals surface area contributed by atoms with Crippen LogP contribution in [0.5, 0.6) is 0 Å². The van der Waals surface area contributed by atoms with Crippen LogP contribution in [0.3, 0.4) is 0 Å². The predicted molar refractivity (Wildman–Crippen MR) is 125 cm³/mol. The molecule has 7 heteroatoms. The largest absolute Gasteiger partial charge is 0.481 e. The maximum atomic E-state index is 13.2. The van der Waals surface area contributed by atoms with E-state index in [2.05, 4.69) is 5.32 Å². The summed E-state index contributed by atoms with van der Waals surface area (Å²) in [6.07, 6.45) is 0.743. The zero-order chi connectivity index (χ0) is 23.4. The van der Waals surface area contributed by atoms with Crippen LogP contribution in [0.1, 0.15) is 67.3 Å². The van der Waals surface area contributed by atoms with Gasteiger partial charge in [0.1, 0.15) is 5.00 Å². The highest BCUT2D eigenvalue weighted by molar-refractivity contribution is 7.16. The van der Waals surface area contributed by atoms with Crippen molar-refractivity contribution in [3.05, 3.63) is 63.5 Å². The van der Waals surface area contributed by atoms with E-state index < -0.39 is 23.8 Å². The van der Waals surface area contributed by atoms with Gasteiger partial charge >= 0.3 is 11.9 Å². The summed E-state index contributed by atoms with van der Waals surface area (Å²) in [7, 11) is 0. The van der Waals surface area contributed by atoms with Gasteiger partial charge in [0.15, 0.2) is 0 Å². The van der Waals surface area contributed by atoms with E-state index >= 15 is 0 Å². The van der Waals surface area contributed by atoms with E-state index in [1.165, 1.54) is 11.3 Å². The number of anilines is 1. The first-order valence-electron chi connectivity index (χ1n) is 10.8. The van der Waals surface area contributed by atoms with Crippen LogP contribution in [0, 0.1) is 11.8 Å². The standard InChI is InChI=1S/C25H29NO5S/c1-5-31-25(30)20-13-21(16(4)17-9-7-6-8-10-17)32-23(20)26-22(27)18-11-14(2)15(3)12-19(18)24(28)29/h6-10,13,16,18-19H,5,11-12H2,1-4H3,(H,26,27)(H,28,29)/t16-,18-,19-/m0/s1. The molecule has 1 amide bonds. The van der Waals surface area contributed by atoms with E-state index in [-0.39, 0.29) is 18.4 Å². The van der Waals surface area contributed by atoms with Gasteiger partial charge in [0.05, 0.1) is 24.0 Å². The fraction of sp³-hybridized carbons (Fsp3) is 0.400. The number of rotatable bonds is 7. The number of esters is 1. The molecule has 0 saturated heterocycles. The molecule has 1 aliphatic carbocycles. The average Bonchev–Trinajstić information content (AvgIpc) is 3.19. The fourth-order valence-electron chi connectivity index (χ4n) is 4.01. The minimum absolute atomic E-state index is 0.0225. The molecule has 0 bridgehead atoms. The van der Waals surface area contributed by atoms with Gasteiger partial charge in [-0.3, -0.25) is 9.59 Å². The molecule has 0 saturated carbocycles. The first-order chi connectivity index (χ1) is 15.2. The summed E-state index contributed by atoms with van der Waals surface area (Å²) in [5.74, 6) is -3.32. The molecule has 1 aromatic carbocycles. The van der Waals surface area contributed by atoms with Gasteiger partial charge in [-0.15, -0.1) is 11.3 Å². The van der Waals surface area contributed by atoms with E-state index in [4.69, 9.17) is 4.74 Å². The Labute approximate surface area is 192 Å². The van der Waals surface area contributed by atoms with Crippen molar-refractivity contribution in [1.82, 2.24) is 0 Å². The van der Waals surface area contributed by atoms with E-state index in [1.54, 1.807) is 13.0 Å². The number of carboxylic acids is 1. The average molecular weight is 456 g/mol. The molecule has 1 aromatic heterocycles. The first kappa shape index (κ1) is 23.7. The monoisotopic (exact) mass is 455 g/mol. The highest BCUT2D eigenvalue weighted by Gasteiger charge is 2.38. The van der Waals surface area contributed by atoms with E-state index in [0.29, 0.717) is 23.4 Å². The molecule has 0 fully saturated rings. The molecule has 170 valence electrons. The second-order valence-corrected chi connectivity index (χ2v) is 9.34. The van der Waals surface area contributed by atoms with Crippen LogP contribution >= 0.6 is 11.3 Å². The van der Waals surface area contributed by atoms with Crippen molar-refractivity contribution < 1.29 is 24.2 Å². The number of allylic oxidation sites excluding steroid dienone is 2. The molecule has 1 aliphatic rings. The number of thiophene rings is 1. The Kier molecular flexibility index (Phi) is 7.51. The molecule has 0 unspecified atom stereocenters. The molecule has 3 atom stereocenters. The van der Waals surface area contributed by atoms with Crippen LogP contribution in [-0.4, -0.2) is 29.6 Å². The number of aliphatic carboxylic acids is 1. The molecular formula is C25H29NO5S. The summed E-state index contributed by atoms with van der Waals surface area (Å²) in [6.45, 7) is 7.84. The normalized spacial score (nSPS) is 19.4. The summed E-state index contributed by atoms with van der Waals surface area (Å²) in [6, 6.07) is 11.7. The Balaban J connectivity index is 1.92. The van der Waals surface area contributed by atoms with Gasteiger partial charge in [-0.05, 0) is 45.2 Å². The molecule has 0 spiro atoms. The van der Waals surface area contributed by atoms with Gasteiger partial charge in [-0.2, -0.15) is 0 Å². The second kappa shape index (κ2) is 10.1. The SMILES string of the molecule is CCOC(=O)c1cc([C@@H](C)c2ccccc2)sc1NC(=O)[C@H]1CC(C)=C(C)C[C@@H]1C(=O)O. The Hall–Kier alpha value is -2.93. The van der Waals surface area contributed by atoms with Crippen LogP contribution in [0.25, 0.3) is 0 Å². The number of hydrogen-bond donors (Lipinski definition) is 2. The molecule has 3 rings (SSSR count). The van der Waals surface area contributed by atoms with Gasteiger partial charge in [-0.1, -0.05) is 48.4 Å². The molecule has 0 aliphatic heterocycles. The molecule has 1 heterocycles. The third-order valence-electron chi connectivity index (χ3n) is 6.13. The van der Waals surface area contributed by atoms with Crippen LogP contribution < -0.4 is 5.32 Å². The summed E-state index contributed by atoms with van der Waals surface area (Å²) in [4.78, 5) is 38.5.